The minimum Gasteiger partial charge on any atom is -0.488 e. The fourth-order valence-electron chi connectivity index (χ4n) is 6.42. The Bertz CT molecular complexity index is 1510. The molecule has 7 heteroatoms. The van der Waals surface area contributed by atoms with Gasteiger partial charge in [-0.3, -0.25) is 14.5 Å². The molecule has 5 rings (SSSR count). The molecule has 1 aliphatic heterocycles. The Morgan fingerprint density at radius 2 is 1.44 bits per heavy atom. The SMILES string of the molecule is CC(CC(C(=O)N(C)C)(c1ccccc1)c1ccccc1)N1CC[C@H](NC(=O)c2ccccc2OCc2ccccc2)[C@@H](O)C1. The van der Waals surface area contributed by atoms with Crippen LogP contribution in [-0.4, -0.2) is 72.1 Å². The normalized spacial score (nSPS) is 17.7. The van der Waals surface area contributed by atoms with Crippen LogP contribution in [0, 0.1) is 0 Å². The van der Waals surface area contributed by atoms with Crippen LogP contribution in [0.3, 0.4) is 0 Å². The minimum absolute atomic E-state index is 0.0163. The number of ether oxygens (including phenoxy) is 1. The second kappa shape index (κ2) is 14.5. The summed E-state index contributed by atoms with van der Waals surface area (Å²) in [5, 5.41) is 14.3. The summed E-state index contributed by atoms with van der Waals surface area (Å²) in [7, 11) is 3.60. The van der Waals surface area contributed by atoms with Crippen molar-refractivity contribution in [1.29, 1.82) is 0 Å². The summed E-state index contributed by atoms with van der Waals surface area (Å²) in [5.74, 6) is 0.249. The largest absolute Gasteiger partial charge is 0.488 e. The zero-order valence-electron chi connectivity index (χ0n) is 26.3. The Morgan fingerprint density at radius 1 is 0.889 bits per heavy atom. The molecule has 0 saturated carbocycles. The number of carbonyl (C=O) groups excluding carboxylic acids is 2. The topological polar surface area (TPSA) is 82.1 Å². The molecule has 45 heavy (non-hydrogen) atoms. The number of piperidine rings is 1. The monoisotopic (exact) mass is 605 g/mol. The maximum atomic E-state index is 14.1. The zero-order chi connectivity index (χ0) is 31.8. The van der Waals surface area contributed by atoms with Gasteiger partial charge >= 0.3 is 0 Å². The number of aliphatic hydroxyl groups excluding tert-OH is 1. The average Bonchev–Trinajstić information content (AvgIpc) is 3.08. The molecule has 1 aliphatic rings. The van der Waals surface area contributed by atoms with Crippen molar-refractivity contribution in [3.05, 3.63) is 138 Å². The highest BCUT2D eigenvalue weighted by molar-refractivity contribution is 5.97. The molecule has 1 saturated heterocycles. The number of nitrogens with one attached hydrogen (secondary N) is 1. The summed E-state index contributed by atoms with van der Waals surface area (Å²) in [6.45, 7) is 3.53. The number of benzene rings is 4. The Hall–Kier alpha value is -4.46. The molecular formula is C38H43N3O4. The van der Waals surface area contributed by atoms with Crippen LogP contribution in [0.5, 0.6) is 5.75 Å². The third-order valence-corrected chi connectivity index (χ3v) is 8.83. The highest BCUT2D eigenvalue weighted by atomic mass is 16.5. The third-order valence-electron chi connectivity index (χ3n) is 8.83. The molecule has 3 atom stereocenters. The number of nitrogens with zero attached hydrogens (tertiary/aromatic N) is 2. The van der Waals surface area contributed by atoms with E-state index in [0.717, 1.165) is 16.7 Å². The summed E-state index contributed by atoms with van der Waals surface area (Å²) in [6.07, 6.45) is 0.346. The van der Waals surface area contributed by atoms with E-state index in [-0.39, 0.29) is 17.9 Å². The Morgan fingerprint density at radius 3 is 2.02 bits per heavy atom. The van der Waals surface area contributed by atoms with E-state index < -0.39 is 17.6 Å². The molecule has 1 unspecified atom stereocenters. The van der Waals surface area contributed by atoms with E-state index in [2.05, 4.69) is 17.1 Å². The number of rotatable bonds is 11. The van der Waals surface area contributed by atoms with Crippen molar-refractivity contribution in [3.63, 3.8) is 0 Å². The average molecular weight is 606 g/mol. The van der Waals surface area contributed by atoms with Crippen LogP contribution in [0.15, 0.2) is 115 Å². The van der Waals surface area contributed by atoms with Crippen LogP contribution in [0.2, 0.25) is 0 Å². The summed E-state index contributed by atoms with van der Waals surface area (Å²) < 4.78 is 6.00. The molecule has 2 N–H and O–H groups in total. The van der Waals surface area contributed by atoms with Crippen molar-refractivity contribution in [3.8, 4) is 5.75 Å². The molecule has 0 aliphatic carbocycles. The van der Waals surface area contributed by atoms with Crippen molar-refractivity contribution < 1.29 is 19.4 Å². The van der Waals surface area contributed by atoms with E-state index in [1.165, 1.54) is 0 Å². The highest BCUT2D eigenvalue weighted by Crippen LogP contribution is 2.40. The van der Waals surface area contributed by atoms with Gasteiger partial charge in [0.2, 0.25) is 5.91 Å². The number of hydrogen-bond donors (Lipinski definition) is 2. The molecule has 0 radical (unpaired) electrons. The molecule has 4 aromatic carbocycles. The van der Waals surface area contributed by atoms with Gasteiger partial charge in [-0.1, -0.05) is 103 Å². The van der Waals surface area contributed by atoms with Gasteiger partial charge in [-0.15, -0.1) is 0 Å². The zero-order valence-corrected chi connectivity index (χ0v) is 26.3. The first-order valence-corrected chi connectivity index (χ1v) is 15.6. The first-order valence-electron chi connectivity index (χ1n) is 15.6. The summed E-state index contributed by atoms with van der Waals surface area (Å²) >= 11 is 0. The summed E-state index contributed by atoms with van der Waals surface area (Å²) in [4.78, 5) is 31.4. The number of likely N-dealkylation sites (N-methyl/N-ethyl adjacent to an activating group) is 1. The lowest BCUT2D eigenvalue weighted by Gasteiger charge is -2.44. The van der Waals surface area contributed by atoms with Crippen molar-refractivity contribution in [1.82, 2.24) is 15.1 Å². The van der Waals surface area contributed by atoms with Crippen molar-refractivity contribution in [2.24, 2.45) is 0 Å². The number of hydrogen-bond acceptors (Lipinski definition) is 5. The maximum Gasteiger partial charge on any atom is 0.255 e. The fourth-order valence-corrected chi connectivity index (χ4v) is 6.42. The van der Waals surface area contributed by atoms with E-state index in [1.54, 1.807) is 31.1 Å². The molecular weight excluding hydrogens is 562 g/mol. The molecule has 0 spiro atoms. The second-order valence-electron chi connectivity index (χ2n) is 12.1. The summed E-state index contributed by atoms with van der Waals surface area (Å²) in [6, 6.07) is 36.5. The van der Waals surface area contributed by atoms with Gasteiger partial charge in [-0.05, 0) is 48.6 Å². The molecule has 1 fully saturated rings. The first-order chi connectivity index (χ1) is 21.8. The van der Waals surface area contributed by atoms with E-state index in [0.29, 0.717) is 43.9 Å². The molecule has 2 amide bonds. The Kier molecular flexibility index (Phi) is 10.3. The van der Waals surface area contributed by atoms with Crippen molar-refractivity contribution >= 4 is 11.8 Å². The standard InChI is InChI=1S/C38H43N3O4/c1-28(25-38(37(44)40(2)3,30-17-9-5-10-18-30)31-19-11-6-12-20-31)41-24-23-33(34(42)26-41)39-36(43)32-21-13-14-22-35(32)45-27-29-15-7-4-8-16-29/h4-22,28,33-34,42H,23-27H2,1-3H3,(H,39,43)/t28?,33-,34-/m0/s1. The van der Waals surface area contributed by atoms with Crippen LogP contribution in [0.1, 0.15) is 46.8 Å². The number of para-hydroxylation sites is 1. The quantitative estimate of drug-likeness (QED) is 0.243. The van der Waals surface area contributed by atoms with Crippen LogP contribution in [0.25, 0.3) is 0 Å². The third kappa shape index (κ3) is 7.27. The predicted molar refractivity (Wildman–Crippen MR) is 177 cm³/mol. The van der Waals surface area contributed by atoms with Gasteiger partial charge in [0.1, 0.15) is 17.8 Å². The predicted octanol–water partition coefficient (Wildman–Crippen LogP) is 5.28. The van der Waals surface area contributed by atoms with E-state index in [1.807, 2.05) is 103 Å². The van der Waals surface area contributed by atoms with Gasteiger partial charge in [0, 0.05) is 33.2 Å². The van der Waals surface area contributed by atoms with Gasteiger partial charge < -0.3 is 20.1 Å². The van der Waals surface area contributed by atoms with E-state index in [9.17, 15) is 14.7 Å². The van der Waals surface area contributed by atoms with E-state index >= 15 is 0 Å². The van der Waals surface area contributed by atoms with Crippen molar-refractivity contribution in [2.75, 3.05) is 27.2 Å². The van der Waals surface area contributed by atoms with Gasteiger partial charge in [0.05, 0.1) is 17.7 Å². The first kappa shape index (κ1) is 31.9. The lowest BCUT2D eigenvalue weighted by molar-refractivity contribution is -0.134. The molecule has 234 valence electrons. The molecule has 0 bridgehead atoms. The number of aliphatic hydroxyl groups is 1. The van der Waals surface area contributed by atoms with Crippen LogP contribution >= 0.6 is 0 Å². The number of carbonyl (C=O) groups is 2. The number of amides is 2. The van der Waals surface area contributed by atoms with Gasteiger partial charge in [-0.2, -0.15) is 0 Å². The highest BCUT2D eigenvalue weighted by Gasteiger charge is 2.45. The smallest absolute Gasteiger partial charge is 0.255 e. The molecule has 4 aromatic rings. The fraction of sp³-hybridized carbons (Fsp3) is 0.316. The molecule has 1 heterocycles. The maximum absolute atomic E-state index is 14.1. The lowest BCUT2D eigenvalue weighted by atomic mass is 9.69. The minimum atomic E-state index is -0.898. The Balaban J connectivity index is 1.29. The van der Waals surface area contributed by atoms with Gasteiger partial charge in [-0.25, -0.2) is 0 Å². The van der Waals surface area contributed by atoms with Crippen LogP contribution in [0.4, 0.5) is 0 Å². The van der Waals surface area contributed by atoms with Gasteiger partial charge in [0.25, 0.3) is 5.91 Å². The molecule has 7 nitrogen and oxygen atoms in total. The van der Waals surface area contributed by atoms with E-state index in [4.69, 9.17) is 4.74 Å². The van der Waals surface area contributed by atoms with Crippen LogP contribution < -0.4 is 10.1 Å². The number of likely N-dealkylation sites (tertiary alicyclic amines) is 1. The Labute approximate surface area is 266 Å². The van der Waals surface area contributed by atoms with Gasteiger partial charge in [0.15, 0.2) is 0 Å². The summed E-state index contributed by atoms with van der Waals surface area (Å²) in [5.41, 5.74) is 2.44. The van der Waals surface area contributed by atoms with Crippen molar-refractivity contribution in [2.45, 2.75) is 50.0 Å². The van der Waals surface area contributed by atoms with Crippen LogP contribution in [-0.2, 0) is 16.8 Å². The molecule has 0 aromatic heterocycles. The number of β-amino-alcohol motifs (C(OH)–C–C–N with tert-alkyl or cyclic N) is 1. The second-order valence-corrected chi connectivity index (χ2v) is 12.1. The lowest BCUT2D eigenvalue weighted by Crippen LogP contribution is -2.57.